The van der Waals surface area contributed by atoms with Crippen molar-refractivity contribution in [2.24, 2.45) is 5.10 Å². The molecule has 0 bridgehead atoms. The number of hydrazone groups is 1. The number of hydrogen-bond acceptors (Lipinski definition) is 5. The Morgan fingerprint density at radius 3 is 2.50 bits per heavy atom. The highest BCUT2D eigenvalue weighted by Gasteiger charge is 2.30. The number of thiazole rings is 1. The molecule has 0 aliphatic heterocycles. The molecule has 0 spiro atoms. The smallest absolute Gasteiger partial charge is 0.416 e. The summed E-state index contributed by atoms with van der Waals surface area (Å²) in [5.74, 6) is -0.473. The van der Waals surface area contributed by atoms with Crippen LogP contribution in [0.2, 0.25) is 0 Å². The molecule has 28 heavy (non-hydrogen) atoms. The Morgan fingerprint density at radius 1 is 1.18 bits per heavy atom. The highest BCUT2D eigenvalue weighted by Crippen LogP contribution is 2.33. The van der Waals surface area contributed by atoms with Gasteiger partial charge in [0.2, 0.25) is 0 Å². The number of alkyl halides is 3. The highest BCUT2D eigenvalue weighted by atomic mass is 32.1. The third kappa shape index (κ3) is 4.37. The second-order valence-electron chi connectivity index (χ2n) is 5.77. The number of nitrogens with zero attached hydrogens (tertiary/aromatic N) is 2. The van der Waals surface area contributed by atoms with Gasteiger partial charge in [-0.05, 0) is 31.2 Å². The van der Waals surface area contributed by atoms with E-state index in [2.05, 4.69) is 15.5 Å². The number of phenols is 1. The van der Waals surface area contributed by atoms with E-state index in [1.807, 2.05) is 0 Å². The quantitative estimate of drug-likeness (QED) is 0.492. The van der Waals surface area contributed by atoms with Gasteiger partial charge in [0.25, 0.3) is 5.91 Å². The zero-order valence-corrected chi connectivity index (χ0v) is 15.3. The van der Waals surface area contributed by atoms with E-state index in [4.69, 9.17) is 0 Å². The van der Waals surface area contributed by atoms with Crippen molar-refractivity contribution in [1.82, 2.24) is 10.4 Å². The van der Waals surface area contributed by atoms with Crippen molar-refractivity contribution in [3.05, 3.63) is 70.2 Å². The van der Waals surface area contributed by atoms with E-state index in [0.717, 1.165) is 23.5 Å². The van der Waals surface area contributed by atoms with Crippen LogP contribution in [0.4, 0.5) is 13.2 Å². The fourth-order valence-corrected chi connectivity index (χ4v) is 3.30. The zero-order chi connectivity index (χ0) is 20.3. The largest absolute Gasteiger partial charge is 0.507 e. The molecule has 5 nitrogen and oxygen atoms in total. The van der Waals surface area contributed by atoms with E-state index in [9.17, 15) is 23.1 Å². The number of halogens is 3. The molecule has 0 saturated carbocycles. The molecule has 1 aromatic heterocycles. The topological polar surface area (TPSA) is 74.6 Å². The van der Waals surface area contributed by atoms with Gasteiger partial charge in [0, 0.05) is 11.1 Å². The molecule has 9 heteroatoms. The van der Waals surface area contributed by atoms with Crippen LogP contribution in [-0.2, 0) is 6.18 Å². The van der Waals surface area contributed by atoms with Crippen LogP contribution < -0.4 is 5.43 Å². The average molecular weight is 405 g/mol. The normalized spacial score (nSPS) is 11.7. The van der Waals surface area contributed by atoms with Crippen LogP contribution in [0.3, 0.4) is 0 Å². The number of aromatic nitrogens is 1. The Kier molecular flexibility index (Phi) is 5.46. The van der Waals surface area contributed by atoms with Crippen LogP contribution >= 0.6 is 11.3 Å². The van der Waals surface area contributed by atoms with Gasteiger partial charge >= 0.3 is 6.18 Å². The molecule has 0 radical (unpaired) electrons. The molecule has 0 unspecified atom stereocenters. The van der Waals surface area contributed by atoms with Gasteiger partial charge in [0.15, 0.2) is 0 Å². The molecular formula is C19H14F3N3O2S. The predicted octanol–water partition coefficient (Wildman–Crippen LogP) is 4.61. The number of phenolic OH excluding ortho intramolecular Hbond substituents is 1. The van der Waals surface area contributed by atoms with Crippen LogP contribution in [0, 0.1) is 6.92 Å². The molecule has 2 aromatic carbocycles. The Balaban J connectivity index is 1.74. The number of carbonyl (C=O) groups is 1. The Morgan fingerprint density at radius 2 is 1.86 bits per heavy atom. The molecule has 0 fully saturated rings. The summed E-state index contributed by atoms with van der Waals surface area (Å²) in [7, 11) is 0. The molecule has 2 N–H and O–H groups in total. The first kappa shape index (κ1) is 19.6. The molecule has 0 atom stereocenters. The third-order valence-electron chi connectivity index (χ3n) is 3.77. The van der Waals surface area contributed by atoms with Gasteiger partial charge in [0.1, 0.15) is 15.6 Å². The SMILES string of the molecule is Cc1nc(-c2ccc(C(F)(F)F)cc2)sc1C(=O)N/N=C/c1ccccc1O. The molecule has 0 aliphatic rings. The summed E-state index contributed by atoms with van der Waals surface area (Å²) in [4.78, 5) is 16.9. The maximum atomic E-state index is 12.7. The predicted molar refractivity (Wildman–Crippen MR) is 100 cm³/mol. The second kappa shape index (κ2) is 7.81. The number of para-hydroxylation sites is 1. The summed E-state index contributed by atoms with van der Waals surface area (Å²) in [6.45, 7) is 1.63. The minimum atomic E-state index is -4.41. The Hall–Kier alpha value is -3.20. The summed E-state index contributed by atoms with van der Waals surface area (Å²) >= 11 is 1.06. The van der Waals surface area contributed by atoms with E-state index in [0.29, 0.717) is 26.7 Å². The first-order valence-corrected chi connectivity index (χ1v) is 8.84. The van der Waals surface area contributed by atoms with E-state index >= 15 is 0 Å². The van der Waals surface area contributed by atoms with Gasteiger partial charge in [-0.2, -0.15) is 18.3 Å². The number of hydrogen-bond donors (Lipinski definition) is 2. The Labute approximate surface area is 162 Å². The highest BCUT2D eigenvalue weighted by molar-refractivity contribution is 7.17. The fraction of sp³-hybridized carbons (Fsp3) is 0.105. The summed E-state index contributed by atoms with van der Waals surface area (Å²) in [6, 6.07) is 11.1. The first-order valence-electron chi connectivity index (χ1n) is 8.02. The van der Waals surface area contributed by atoms with E-state index < -0.39 is 17.6 Å². The van der Waals surface area contributed by atoms with Crippen molar-refractivity contribution in [3.63, 3.8) is 0 Å². The number of nitrogens with one attached hydrogen (secondary N) is 1. The fourth-order valence-electron chi connectivity index (χ4n) is 2.34. The van der Waals surface area contributed by atoms with Crippen LogP contribution in [-0.4, -0.2) is 22.2 Å². The molecular weight excluding hydrogens is 391 g/mol. The lowest BCUT2D eigenvalue weighted by Gasteiger charge is -2.06. The molecule has 0 saturated heterocycles. The molecule has 3 rings (SSSR count). The van der Waals surface area contributed by atoms with E-state index in [-0.39, 0.29) is 5.75 Å². The number of rotatable bonds is 4. The monoisotopic (exact) mass is 405 g/mol. The first-order chi connectivity index (χ1) is 13.3. The van der Waals surface area contributed by atoms with Crippen LogP contribution in [0.1, 0.15) is 26.5 Å². The lowest BCUT2D eigenvalue weighted by atomic mass is 10.1. The average Bonchev–Trinajstić information content (AvgIpc) is 3.04. The lowest BCUT2D eigenvalue weighted by Crippen LogP contribution is -2.17. The van der Waals surface area contributed by atoms with Crippen LogP contribution in [0.5, 0.6) is 5.75 Å². The van der Waals surface area contributed by atoms with Gasteiger partial charge in [-0.1, -0.05) is 24.3 Å². The molecule has 1 heterocycles. The summed E-state index contributed by atoms with van der Waals surface area (Å²) in [5, 5.41) is 13.9. The maximum absolute atomic E-state index is 12.7. The summed E-state index contributed by atoms with van der Waals surface area (Å²) in [6.07, 6.45) is -3.10. The number of aromatic hydroxyl groups is 1. The van der Waals surface area contributed by atoms with Crippen molar-refractivity contribution in [3.8, 4) is 16.3 Å². The van der Waals surface area contributed by atoms with Crippen molar-refractivity contribution in [2.75, 3.05) is 0 Å². The van der Waals surface area contributed by atoms with Crippen LogP contribution in [0.15, 0.2) is 53.6 Å². The second-order valence-corrected chi connectivity index (χ2v) is 6.77. The van der Waals surface area contributed by atoms with Gasteiger partial charge in [-0.3, -0.25) is 4.79 Å². The molecule has 1 amide bonds. The van der Waals surface area contributed by atoms with Crippen LogP contribution in [0.25, 0.3) is 10.6 Å². The number of aryl methyl sites for hydroxylation is 1. The Bertz CT molecular complexity index is 1030. The standard InChI is InChI=1S/C19H14F3N3O2S/c1-11-16(17(27)25-23-10-13-4-2-3-5-15(13)26)28-18(24-11)12-6-8-14(9-7-12)19(20,21)22/h2-10,26H,1H3,(H,25,27)/b23-10+. The molecule has 0 aliphatic carbocycles. The zero-order valence-electron chi connectivity index (χ0n) is 14.5. The van der Waals surface area contributed by atoms with E-state index in [1.165, 1.54) is 24.4 Å². The number of carbonyl (C=O) groups excluding carboxylic acids is 1. The molecule has 3 aromatic rings. The van der Waals surface area contributed by atoms with Gasteiger partial charge in [-0.15, -0.1) is 11.3 Å². The molecule has 144 valence electrons. The maximum Gasteiger partial charge on any atom is 0.416 e. The van der Waals surface area contributed by atoms with Crippen molar-refractivity contribution in [2.45, 2.75) is 13.1 Å². The van der Waals surface area contributed by atoms with Crippen molar-refractivity contribution >= 4 is 23.5 Å². The minimum absolute atomic E-state index is 0.0269. The lowest BCUT2D eigenvalue weighted by molar-refractivity contribution is -0.137. The van der Waals surface area contributed by atoms with E-state index in [1.54, 1.807) is 25.1 Å². The van der Waals surface area contributed by atoms with Gasteiger partial charge < -0.3 is 5.11 Å². The van der Waals surface area contributed by atoms with Crippen molar-refractivity contribution < 1.29 is 23.1 Å². The van der Waals surface area contributed by atoms with Gasteiger partial charge in [-0.25, -0.2) is 10.4 Å². The minimum Gasteiger partial charge on any atom is -0.507 e. The number of amides is 1. The van der Waals surface area contributed by atoms with Crippen molar-refractivity contribution in [1.29, 1.82) is 0 Å². The summed E-state index contributed by atoms with van der Waals surface area (Å²) < 4.78 is 38.0. The third-order valence-corrected chi connectivity index (χ3v) is 4.97. The number of benzene rings is 2. The van der Waals surface area contributed by atoms with Gasteiger partial charge in [0.05, 0.1) is 17.5 Å². The summed E-state index contributed by atoms with van der Waals surface area (Å²) in [5.41, 5.74) is 2.96.